The molecule has 3 heterocycles. The lowest BCUT2D eigenvalue weighted by atomic mass is 10.2. The van der Waals surface area contributed by atoms with E-state index in [0.29, 0.717) is 47.6 Å². The van der Waals surface area contributed by atoms with Gasteiger partial charge in [0.15, 0.2) is 17.2 Å². The molecule has 15 heteroatoms. The standard InChI is InChI=1S/C23H26FN9O4S/c1-14(34)27-9-16-11-33(23(36)37-16)15-2-3-18(17(24)8-15)32-6-4-31(5-7-32)12-20(35)30-22-28-10-19(38-22)21(26)29-13-25/h2-3,8,10,16H,4-7,9,11-12H2,1H3,(H2,26,29)(H,27,34)(H,28,30,35)/t16-/m0/s1. The molecule has 1 aromatic carbocycles. The number of cyclic esters (lactones) is 1. The van der Waals surface area contributed by atoms with Crippen LogP contribution in [0, 0.1) is 22.7 Å². The van der Waals surface area contributed by atoms with Gasteiger partial charge in [-0.2, -0.15) is 5.26 Å². The summed E-state index contributed by atoms with van der Waals surface area (Å²) in [5.74, 6) is -1.04. The number of amides is 3. The molecule has 2 aliphatic heterocycles. The van der Waals surface area contributed by atoms with Crippen LogP contribution in [0.5, 0.6) is 0 Å². The number of piperazine rings is 1. The topological polar surface area (TPSA) is 167 Å². The highest BCUT2D eigenvalue weighted by Gasteiger charge is 2.33. The molecule has 0 saturated carbocycles. The van der Waals surface area contributed by atoms with Crippen molar-refractivity contribution in [1.29, 1.82) is 10.7 Å². The van der Waals surface area contributed by atoms with Crippen molar-refractivity contribution in [2.75, 3.05) is 60.9 Å². The Morgan fingerprint density at radius 2 is 2.08 bits per heavy atom. The van der Waals surface area contributed by atoms with Gasteiger partial charge in [-0.25, -0.2) is 14.2 Å². The Labute approximate surface area is 221 Å². The summed E-state index contributed by atoms with van der Waals surface area (Å²) in [6.07, 6.45) is 1.97. The van der Waals surface area contributed by atoms with Gasteiger partial charge in [0.2, 0.25) is 11.8 Å². The van der Waals surface area contributed by atoms with Crippen molar-refractivity contribution in [2.24, 2.45) is 0 Å². The van der Waals surface area contributed by atoms with Gasteiger partial charge in [0, 0.05) is 33.1 Å². The van der Waals surface area contributed by atoms with E-state index in [1.54, 1.807) is 18.3 Å². The molecule has 13 nitrogen and oxygen atoms in total. The van der Waals surface area contributed by atoms with Crippen LogP contribution in [0.2, 0.25) is 0 Å². The minimum atomic E-state index is -0.592. The smallest absolute Gasteiger partial charge is 0.414 e. The lowest BCUT2D eigenvalue weighted by Crippen LogP contribution is -2.49. The van der Waals surface area contributed by atoms with Crippen LogP contribution in [0.25, 0.3) is 0 Å². The van der Waals surface area contributed by atoms with Gasteiger partial charge in [-0.05, 0) is 18.2 Å². The van der Waals surface area contributed by atoms with E-state index in [4.69, 9.17) is 15.4 Å². The van der Waals surface area contributed by atoms with Crippen LogP contribution >= 0.6 is 11.3 Å². The number of hydrogen-bond acceptors (Lipinski definition) is 10. The fourth-order valence-corrected chi connectivity index (χ4v) is 4.83. The third-order valence-electron chi connectivity index (χ3n) is 5.96. The van der Waals surface area contributed by atoms with Gasteiger partial charge in [0.1, 0.15) is 11.9 Å². The van der Waals surface area contributed by atoms with Crippen molar-refractivity contribution < 1.29 is 23.5 Å². The molecule has 0 spiro atoms. The molecule has 2 aliphatic rings. The number of nitrogens with zero attached hydrogens (tertiary/aromatic N) is 5. The number of anilines is 3. The van der Waals surface area contributed by atoms with Crippen molar-refractivity contribution in [1.82, 2.24) is 20.5 Å². The molecule has 2 saturated heterocycles. The van der Waals surface area contributed by atoms with Crippen molar-refractivity contribution in [3.63, 3.8) is 0 Å². The number of aromatic nitrogens is 1. The summed E-state index contributed by atoms with van der Waals surface area (Å²) in [6.45, 7) is 4.00. The van der Waals surface area contributed by atoms with Gasteiger partial charge in [-0.15, -0.1) is 0 Å². The summed E-state index contributed by atoms with van der Waals surface area (Å²) in [4.78, 5) is 45.4. The molecule has 1 aromatic heterocycles. The number of rotatable bonds is 8. The predicted octanol–water partition coefficient (Wildman–Crippen LogP) is 0.900. The van der Waals surface area contributed by atoms with E-state index in [1.165, 1.54) is 24.1 Å². The van der Waals surface area contributed by atoms with Gasteiger partial charge in [-0.3, -0.25) is 30.1 Å². The summed E-state index contributed by atoms with van der Waals surface area (Å²) < 4.78 is 20.3. The quantitative estimate of drug-likeness (QED) is 0.164. The normalized spacial score (nSPS) is 17.5. The highest BCUT2D eigenvalue weighted by atomic mass is 32.1. The highest BCUT2D eigenvalue weighted by molar-refractivity contribution is 7.17. The Hall–Kier alpha value is -4.29. The Morgan fingerprint density at radius 1 is 1.32 bits per heavy atom. The van der Waals surface area contributed by atoms with E-state index in [9.17, 15) is 14.4 Å². The van der Waals surface area contributed by atoms with Crippen LogP contribution < -0.4 is 25.8 Å². The maximum Gasteiger partial charge on any atom is 0.414 e. The van der Waals surface area contributed by atoms with Gasteiger partial charge in [0.05, 0.1) is 42.1 Å². The molecule has 200 valence electrons. The second-order valence-corrected chi connectivity index (χ2v) is 9.67. The van der Waals surface area contributed by atoms with Gasteiger partial charge < -0.3 is 20.3 Å². The minimum absolute atomic E-state index is 0.0894. The Kier molecular flexibility index (Phi) is 8.34. The van der Waals surface area contributed by atoms with E-state index in [0.717, 1.165) is 11.3 Å². The molecule has 0 unspecified atom stereocenters. The van der Waals surface area contributed by atoms with E-state index < -0.39 is 18.0 Å². The van der Waals surface area contributed by atoms with Crippen LogP contribution in [0.15, 0.2) is 24.4 Å². The first-order valence-corrected chi connectivity index (χ1v) is 12.5. The van der Waals surface area contributed by atoms with E-state index >= 15 is 4.39 Å². The number of carbonyl (C=O) groups is 3. The molecule has 1 atom stereocenters. The predicted molar refractivity (Wildman–Crippen MR) is 138 cm³/mol. The third-order valence-corrected chi connectivity index (χ3v) is 6.89. The fraction of sp³-hybridized carbons (Fsp3) is 0.391. The number of halogens is 1. The number of nitriles is 1. The number of nitrogens with one attached hydrogen (secondary N) is 4. The summed E-state index contributed by atoms with van der Waals surface area (Å²) in [5, 5.41) is 24.1. The molecule has 2 aromatic rings. The molecule has 0 bridgehead atoms. The van der Waals surface area contributed by atoms with Crippen LogP contribution in [0.4, 0.5) is 25.7 Å². The number of thiazole rings is 1. The van der Waals surface area contributed by atoms with Crippen LogP contribution in [0.3, 0.4) is 0 Å². The summed E-state index contributed by atoms with van der Waals surface area (Å²) >= 11 is 1.09. The molecular formula is C23H26FN9O4S. The SMILES string of the molecule is CC(=O)NC[C@H]1CN(c2ccc(N3CCN(CC(=O)Nc4ncc(C(=N)NC#N)s4)CC3)c(F)c2)C(=O)O1. The number of carbonyl (C=O) groups excluding carboxylic acids is 3. The van der Waals surface area contributed by atoms with Crippen molar-refractivity contribution in [2.45, 2.75) is 13.0 Å². The highest BCUT2D eigenvalue weighted by Crippen LogP contribution is 2.28. The summed E-state index contributed by atoms with van der Waals surface area (Å²) in [7, 11) is 0. The number of ether oxygens (including phenoxy) is 1. The van der Waals surface area contributed by atoms with Gasteiger partial charge in [0.25, 0.3) is 0 Å². The van der Waals surface area contributed by atoms with Gasteiger partial charge in [-0.1, -0.05) is 11.3 Å². The van der Waals surface area contributed by atoms with E-state index in [2.05, 4.69) is 20.9 Å². The molecule has 4 rings (SSSR count). The number of amidine groups is 1. The molecule has 38 heavy (non-hydrogen) atoms. The molecular weight excluding hydrogens is 517 g/mol. The molecule has 4 N–H and O–H groups in total. The largest absolute Gasteiger partial charge is 0.442 e. The van der Waals surface area contributed by atoms with E-state index in [-0.39, 0.29) is 37.3 Å². The summed E-state index contributed by atoms with van der Waals surface area (Å²) in [5.41, 5.74) is 0.782. The molecule has 0 radical (unpaired) electrons. The first kappa shape index (κ1) is 26.8. The zero-order valence-electron chi connectivity index (χ0n) is 20.5. The number of benzene rings is 1. The first-order chi connectivity index (χ1) is 18.2. The maximum atomic E-state index is 15.0. The second kappa shape index (κ2) is 11.8. The lowest BCUT2D eigenvalue weighted by Gasteiger charge is -2.36. The summed E-state index contributed by atoms with van der Waals surface area (Å²) in [6, 6.07) is 4.58. The van der Waals surface area contributed by atoms with Crippen molar-refractivity contribution >= 4 is 51.6 Å². The monoisotopic (exact) mass is 543 g/mol. The van der Waals surface area contributed by atoms with Crippen LogP contribution in [0.1, 0.15) is 11.8 Å². The Morgan fingerprint density at radius 3 is 2.76 bits per heavy atom. The second-order valence-electron chi connectivity index (χ2n) is 8.64. The zero-order chi connectivity index (χ0) is 27.2. The van der Waals surface area contributed by atoms with Crippen LogP contribution in [-0.2, 0) is 14.3 Å². The van der Waals surface area contributed by atoms with Crippen molar-refractivity contribution in [3.8, 4) is 6.19 Å². The van der Waals surface area contributed by atoms with Crippen molar-refractivity contribution in [3.05, 3.63) is 35.1 Å². The number of hydrogen-bond donors (Lipinski definition) is 4. The maximum absolute atomic E-state index is 15.0. The molecule has 2 fully saturated rings. The minimum Gasteiger partial charge on any atom is -0.442 e. The average Bonchev–Trinajstić information content (AvgIpc) is 3.50. The van der Waals surface area contributed by atoms with Crippen LogP contribution in [-0.4, -0.2) is 85.5 Å². The fourth-order valence-electron chi connectivity index (χ4n) is 4.09. The first-order valence-electron chi connectivity index (χ1n) is 11.7. The zero-order valence-corrected chi connectivity index (χ0v) is 21.3. The lowest BCUT2D eigenvalue weighted by molar-refractivity contribution is -0.119. The molecule has 0 aliphatic carbocycles. The Bertz CT molecular complexity index is 1270. The van der Waals surface area contributed by atoms with Gasteiger partial charge >= 0.3 is 6.09 Å². The average molecular weight is 544 g/mol. The van der Waals surface area contributed by atoms with E-state index in [1.807, 2.05) is 9.80 Å². The Balaban J connectivity index is 1.27. The third kappa shape index (κ3) is 6.52. The molecule has 3 amide bonds.